The molecule has 1 aromatic carbocycles. The van der Waals surface area contributed by atoms with Crippen molar-refractivity contribution in [3.63, 3.8) is 0 Å². The predicted octanol–water partition coefficient (Wildman–Crippen LogP) is 1.69. The Morgan fingerprint density at radius 3 is 2.68 bits per heavy atom. The van der Waals surface area contributed by atoms with Crippen molar-refractivity contribution in [2.75, 3.05) is 14.2 Å². The summed E-state index contributed by atoms with van der Waals surface area (Å²) in [7, 11) is 3.25. The minimum Gasteiger partial charge on any atom is -0.497 e. The standard InChI is InChI=1S/C17H24N2O3/c1-21-13-5-6-14(22-2)12(8-13)9-19-17(20)15-10-3-4-11(7-10)16(15)18/h5-6,8,10-11,15-16H,3-4,7,9,18H2,1-2H3,(H,19,20). The van der Waals surface area contributed by atoms with Crippen molar-refractivity contribution in [3.8, 4) is 11.5 Å². The highest BCUT2D eigenvalue weighted by Crippen LogP contribution is 2.47. The van der Waals surface area contributed by atoms with Crippen molar-refractivity contribution in [2.45, 2.75) is 31.8 Å². The van der Waals surface area contributed by atoms with E-state index in [-0.39, 0.29) is 17.9 Å². The maximum atomic E-state index is 12.5. The Hall–Kier alpha value is -1.75. The molecule has 0 aliphatic heterocycles. The van der Waals surface area contributed by atoms with Crippen molar-refractivity contribution in [1.29, 1.82) is 0 Å². The number of hydrogen-bond donors (Lipinski definition) is 2. The van der Waals surface area contributed by atoms with Gasteiger partial charge in [0.2, 0.25) is 5.91 Å². The second-order valence-electron chi connectivity index (χ2n) is 6.33. The Balaban J connectivity index is 1.66. The highest BCUT2D eigenvalue weighted by atomic mass is 16.5. The zero-order valence-corrected chi connectivity index (χ0v) is 13.2. The average molecular weight is 304 g/mol. The fraction of sp³-hybridized carbons (Fsp3) is 0.588. The number of carbonyl (C=O) groups is 1. The molecule has 1 aromatic rings. The summed E-state index contributed by atoms with van der Waals surface area (Å²) in [6.45, 7) is 0.430. The molecule has 2 fully saturated rings. The van der Waals surface area contributed by atoms with Gasteiger partial charge in [0.1, 0.15) is 11.5 Å². The van der Waals surface area contributed by atoms with Gasteiger partial charge in [0, 0.05) is 18.2 Å². The van der Waals surface area contributed by atoms with Gasteiger partial charge in [-0.3, -0.25) is 4.79 Å². The summed E-state index contributed by atoms with van der Waals surface area (Å²) in [5.74, 6) is 2.54. The first kappa shape index (κ1) is 15.2. The fourth-order valence-electron chi connectivity index (χ4n) is 4.05. The first-order chi connectivity index (χ1) is 10.6. The van der Waals surface area contributed by atoms with Gasteiger partial charge in [-0.05, 0) is 49.3 Å². The monoisotopic (exact) mass is 304 g/mol. The van der Waals surface area contributed by atoms with E-state index >= 15 is 0 Å². The molecule has 2 aliphatic carbocycles. The highest BCUT2D eigenvalue weighted by molar-refractivity contribution is 5.80. The Morgan fingerprint density at radius 2 is 2.05 bits per heavy atom. The Bertz CT molecular complexity index is 559. The van der Waals surface area contributed by atoms with Crippen LogP contribution in [0.2, 0.25) is 0 Å². The van der Waals surface area contributed by atoms with Crippen LogP contribution in [0.1, 0.15) is 24.8 Å². The van der Waals surface area contributed by atoms with Crippen LogP contribution in [-0.2, 0) is 11.3 Å². The van der Waals surface area contributed by atoms with Gasteiger partial charge in [0.25, 0.3) is 0 Å². The summed E-state index contributed by atoms with van der Waals surface area (Å²) in [5.41, 5.74) is 7.14. The third-order valence-corrected chi connectivity index (χ3v) is 5.22. The molecule has 2 saturated carbocycles. The van der Waals surface area contributed by atoms with Gasteiger partial charge in [-0.1, -0.05) is 0 Å². The third-order valence-electron chi connectivity index (χ3n) is 5.22. The number of fused-ring (bicyclic) bond motifs is 2. The minimum atomic E-state index is -0.0321. The van der Waals surface area contributed by atoms with E-state index in [0.717, 1.165) is 29.9 Å². The quantitative estimate of drug-likeness (QED) is 0.868. The molecule has 5 nitrogen and oxygen atoms in total. The number of benzene rings is 1. The zero-order valence-electron chi connectivity index (χ0n) is 13.2. The van der Waals surface area contributed by atoms with Gasteiger partial charge in [0.05, 0.1) is 20.1 Å². The van der Waals surface area contributed by atoms with Crippen molar-refractivity contribution in [1.82, 2.24) is 5.32 Å². The number of amides is 1. The van der Waals surface area contributed by atoms with E-state index in [2.05, 4.69) is 5.32 Å². The van der Waals surface area contributed by atoms with Crippen molar-refractivity contribution in [3.05, 3.63) is 23.8 Å². The molecule has 2 aliphatic rings. The molecule has 0 aromatic heterocycles. The van der Waals surface area contributed by atoms with E-state index in [9.17, 15) is 4.79 Å². The van der Waals surface area contributed by atoms with Gasteiger partial charge in [-0.25, -0.2) is 0 Å². The molecular weight excluding hydrogens is 280 g/mol. The van der Waals surface area contributed by atoms with Crippen LogP contribution in [0.15, 0.2) is 18.2 Å². The number of ether oxygens (including phenoxy) is 2. The third kappa shape index (κ3) is 2.65. The maximum absolute atomic E-state index is 12.5. The minimum absolute atomic E-state index is 0.0194. The Morgan fingerprint density at radius 1 is 1.27 bits per heavy atom. The summed E-state index contributed by atoms with van der Waals surface area (Å²) in [6, 6.07) is 5.60. The molecule has 4 unspecified atom stereocenters. The second kappa shape index (κ2) is 6.16. The molecule has 0 spiro atoms. The van der Waals surface area contributed by atoms with Crippen LogP contribution in [0, 0.1) is 17.8 Å². The van der Waals surface area contributed by atoms with Crippen LogP contribution in [0.25, 0.3) is 0 Å². The topological polar surface area (TPSA) is 73.6 Å². The van der Waals surface area contributed by atoms with Crippen LogP contribution in [0.5, 0.6) is 11.5 Å². The van der Waals surface area contributed by atoms with Gasteiger partial charge in [-0.2, -0.15) is 0 Å². The van der Waals surface area contributed by atoms with Crippen LogP contribution in [0.3, 0.4) is 0 Å². The van der Waals surface area contributed by atoms with Crippen LogP contribution in [0.4, 0.5) is 0 Å². The number of nitrogens with two attached hydrogens (primary N) is 1. The van der Waals surface area contributed by atoms with E-state index in [4.69, 9.17) is 15.2 Å². The van der Waals surface area contributed by atoms with Crippen LogP contribution in [-0.4, -0.2) is 26.2 Å². The molecule has 120 valence electrons. The normalized spacial score (nSPS) is 29.4. The van der Waals surface area contributed by atoms with Crippen molar-refractivity contribution < 1.29 is 14.3 Å². The van der Waals surface area contributed by atoms with E-state index in [1.165, 1.54) is 6.42 Å². The fourth-order valence-corrected chi connectivity index (χ4v) is 4.05. The van der Waals surface area contributed by atoms with Crippen molar-refractivity contribution >= 4 is 5.91 Å². The second-order valence-corrected chi connectivity index (χ2v) is 6.33. The summed E-state index contributed by atoms with van der Waals surface area (Å²) in [6.07, 6.45) is 3.43. The van der Waals surface area contributed by atoms with Gasteiger partial charge >= 0.3 is 0 Å². The van der Waals surface area contributed by atoms with Gasteiger partial charge < -0.3 is 20.5 Å². The largest absolute Gasteiger partial charge is 0.497 e. The lowest BCUT2D eigenvalue weighted by atomic mass is 9.84. The lowest BCUT2D eigenvalue weighted by Gasteiger charge is -2.27. The molecule has 4 atom stereocenters. The zero-order chi connectivity index (χ0) is 15.7. The molecule has 3 rings (SSSR count). The molecule has 1 amide bonds. The smallest absolute Gasteiger partial charge is 0.225 e. The first-order valence-electron chi connectivity index (χ1n) is 7.88. The Labute approximate surface area is 131 Å². The molecule has 5 heteroatoms. The van der Waals surface area contributed by atoms with Crippen LogP contribution >= 0.6 is 0 Å². The molecule has 3 N–H and O–H groups in total. The SMILES string of the molecule is COc1ccc(OC)c(CNC(=O)C2C3CCC(C3)C2N)c1. The number of methoxy groups -OCH3 is 2. The highest BCUT2D eigenvalue weighted by Gasteiger charge is 2.48. The molecule has 2 bridgehead atoms. The maximum Gasteiger partial charge on any atom is 0.225 e. The lowest BCUT2D eigenvalue weighted by molar-refractivity contribution is -0.127. The molecular formula is C17H24N2O3. The van der Waals surface area contributed by atoms with Crippen LogP contribution < -0.4 is 20.5 Å². The lowest BCUT2D eigenvalue weighted by Crippen LogP contribution is -2.45. The van der Waals surface area contributed by atoms with E-state index in [1.807, 2.05) is 18.2 Å². The number of hydrogen-bond acceptors (Lipinski definition) is 4. The average Bonchev–Trinajstić information content (AvgIpc) is 3.13. The predicted molar refractivity (Wildman–Crippen MR) is 83.7 cm³/mol. The van der Waals surface area contributed by atoms with Gasteiger partial charge in [-0.15, -0.1) is 0 Å². The molecule has 0 heterocycles. The summed E-state index contributed by atoms with van der Waals surface area (Å²) >= 11 is 0. The van der Waals surface area contributed by atoms with Crippen molar-refractivity contribution in [2.24, 2.45) is 23.5 Å². The molecule has 0 saturated heterocycles. The van der Waals surface area contributed by atoms with E-state index in [0.29, 0.717) is 18.4 Å². The molecule has 0 radical (unpaired) electrons. The summed E-state index contributed by atoms with van der Waals surface area (Å²) in [4.78, 5) is 12.5. The number of nitrogens with one attached hydrogen (secondary N) is 1. The number of rotatable bonds is 5. The van der Waals surface area contributed by atoms with Gasteiger partial charge in [0.15, 0.2) is 0 Å². The Kier molecular flexibility index (Phi) is 4.25. The number of carbonyl (C=O) groups excluding carboxylic acids is 1. The summed E-state index contributed by atoms with van der Waals surface area (Å²) < 4.78 is 10.6. The van der Waals surface area contributed by atoms with E-state index < -0.39 is 0 Å². The first-order valence-corrected chi connectivity index (χ1v) is 7.88. The molecule has 22 heavy (non-hydrogen) atoms. The van der Waals surface area contributed by atoms with E-state index in [1.54, 1.807) is 14.2 Å². The summed E-state index contributed by atoms with van der Waals surface area (Å²) in [5, 5.41) is 3.03.